The summed E-state index contributed by atoms with van der Waals surface area (Å²) in [5.74, 6) is -1.57. The van der Waals surface area contributed by atoms with Crippen LogP contribution in [-0.4, -0.2) is 27.7 Å². The molecule has 8 nitrogen and oxygen atoms in total. The van der Waals surface area contributed by atoms with Gasteiger partial charge in [0.05, 0.1) is 16.3 Å². The van der Waals surface area contributed by atoms with Gasteiger partial charge >= 0.3 is 0 Å². The number of nitrogens with two attached hydrogens (primary N) is 2. The van der Waals surface area contributed by atoms with Crippen LogP contribution in [0.4, 0.5) is 0 Å². The van der Waals surface area contributed by atoms with Crippen molar-refractivity contribution >= 4 is 45.7 Å². The van der Waals surface area contributed by atoms with Crippen molar-refractivity contribution in [3.8, 4) is 0 Å². The summed E-state index contributed by atoms with van der Waals surface area (Å²) in [5, 5.41) is 13.8. The maximum atomic E-state index is 12.3. The zero-order valence-electron chi connectivity index (χ0n) is 18.3. The summed E-state index contributed by atoms with van der Waals surface area (Å²) in [6.45, 7) is 7.56. The third kappa shape index (κ3) is 5.35. The van der Waals surface area contributed by atoms with E-state index in [-0.39, 0.29) is 34.8 Å². The Bertz CT molecular complexity index is 1290. The topological polar surface area (TPSA) is 149 Å². The molecule has 33 heavy (non-hydrogen) atoms. The fraction of sp³-hybridized carbons (Fsp3) is 0.208. The number of carbonyl (C=O) groups excluding carboxylic acids is 2. The normalized spacial score (nSPS) is 12.0. The van der Waals surface area contributed by atoms with Crippen molar-refractivity contribution < 1.29 is 14.1 Å². The third-order valence-corrected chi connectivity index (χ3v) is 5.21. The molecule has 0 aliphatic carbocycles. The minimum Gasteiger partial charge on any atom is -0.366 e. The minimum absolute atomic E-state index is 0.00192. The molecule has 0 aliphatic rings. The first-order valence-corrected chi connectivity index (χ1v) is 10.6. The van der Waals surface area contributed by atoms with Crippen LogP contribution in [0.1, 0.15) is 37.2 Å². The first-order chi connectivity index (χ1) is 15.6. The van der Waals surface area contributed by atoms with Gasteiger partial charge in [0.25, 0.3) is 5.91 Å². The lowest BCUT2D eigenvalue weighted by Crippen LogP contribution is -2.25. The number of primary amides is 2. The number of benzene rings is 1. The van der Waals surface area contributed by atoms with E-state index in [2.05, 4.69) is 16.7 Å². The molecular formula is C24H24ClN5O3. The Morgan fingerprint density at radius 2 is 1.91 bits per heavy atom. The van der Waals surface area contributed by atoms with Gasteiger partial charge in [-0.1, -0.05) is 43.3 Å². The Morgan fingerprint density at radius 1 is 1.18 bits per heavy atom. The largest absolute Gasteiger partial charge is 0.366 e. The zero-order chi connectivity index (χ0) is 24.3. The van der Waals surface area contributed by atoms with Gasteiger partial charge < -0.3 is 21.4 Å². The number of carbonyl (C=O) groups is 2. The van der Waals surface area contributed by atoms with Crippen molar-refractivity contribution in [2.45, 2.75) is 26.7 Å². The van der Waals surface area contributed by atoms with Gasteiger partial charge in [-0.3, -0.25) is 14.6 Å². The number of nitrogens with zero attached hydrogens (tertiary/aromatic N) is 2. The molecule has 5 N–H and O–H groups in total. The van der Waals surface area contributed by atoms with Gasteiger partial charge in [0.2, 0.25) is 5.91 Å². The number of aromatic nitrogens is 2. The van der Waals surface area contributed by atoms with Gasteiger partial charge in [-0.2, -0.15) is 0 Å². The van der Waals surface area contributed by atoms with Gasteiger partial charge in [-0.15, -0.1) is 0 Å². The van der Waals surface area contributed by atoms with Gasteiger partial charge in [0, 0.05) is 40.6 Å². The number of hydrogen-bond donors (Lipinski definition) is 3. The van der Waals surface area contributed by atoms with E-state index in [0.29, 0.717) is 28.3 Å². The molecule has 3 aromatic rings. The maximum absolute atomic E-state index is 12.3. The minimum atomic E-state index is -0.842. The number of hydrogen-bond acceptors (Lipinski definition) is 6. The molecule has 0 saturated heterocycles. The molecule has 9 heteroatoms. The Kier molecular flexibility index (Phi) is 7.08. The lowest BCUT2D eigenvalue weighted by atomic mass is 9.87. The van der Waals surface area contributed by atoms with Gasteiger partial charge in [0.1, 0.15) is 0 Å². The van der Waals surface area contributed by atoms with Crippen LogP contribution in [0.3, 0.4) is 0 Å². The highest BCUT2D eigenvalue weighted by atomic mass is 35.5. The second-order valence-electron chi connectivity index (χ2n) is 8.02. The van der Waals surface area contributed by atoms with Crippen LogP contribution in [0.25, 0.3) is 16.5 Å². The number of amides is 2. The molecule has 1 aromatic carbocycles. The first-order valence-electron chi connectivity index (χ1n) is 10.2. The van der Waals surface area contributed by atoms with Crippen molar-refractivity contribution in [1.29, 1.82) is 5.41 Å². The van der Waals surface area contributed by atoms with E-state index in [1.807, 2.05) is 13.8 Å². The quantitative estimate of drug-likeness (QED) is 0.249. The lowest BCUT2D eigenvalue weighted by Gasteiger charge is -2.16. The molecule has 0 spiro atoms. The van der Waals surface area contributed by atoms with E-state index in [9.17, 15) is 9.59 Å². The monoisotopic (exact) mass is 465 g/mol. The molecule has 0 bridgehead atoms. The van der Waals surface area contributed by atoms with Gasteiger partial charge in [-0.05, 0) is 42.2 Å². The number of rotatable bonds is 9. The molecule has 170 valence electrons. The van der Waals surface area contributed by atoms with E-state index < -0.39 is 11.8 Å². The molecule has 0 radical (unpaired) electrons. The van der Waals surface area contributed by atoms with Crippen molar-refractivity contribution in [2.24, 2.45) is 17.4 Å². The molecule has 0 fully saturated rings. The molecule has 2 aromatic heterocycles. The second-order valence-corrected chi connectivity index (χ2v) is 8.45. The number of nitrogens with one attached hydrogen (secondary N) is 1. The molecule has 0 saturated carbocycles. The van der Waals surface area contributed by atoms with Crippen LogP contribution in [0.2, 0.25) is 5.02 Å². The van der Waals surface area contributed by atoms with Crippen molar-refractivity contribution in [1.82, 2.24) is 10.1 Å². The third-order valence-electron chi connectivity index (χ3n) is 4.98. The summed E-state index contributed by atoms with van der Waals surface area (Å²) in [4.78, 5) is 28.6. The van der Waals surface area contributed by atoms with E-state index in [1.54, 1.807) is 36.5 Å². The Labute approximate surface area is 195 Å². The molecular weight excluding hydrogens is 442 g/mol. The highest BCUT2D eigenvalue weighted by molar-refractivity contribution is 6.30. The van der Waals surface area contributed by atoms with E-state index in [1.165, 1.54) is 0 Å². The van der Waals surface area contributed by atoms with Crippen LogP contribution in [0, 0.1) is 11.3 Å². The van der Waals surface area contributed by atoms with Gasteiger partial charge in [-0.25, -0.2) is 0 Å². The standard InChI is InChI=1S/C24H24ClN5O3/c1-12(2)8-18(26)22(24(28)32)21(13(3)23(27)31)14-4-7-17-19(30-33-20(17)9-14)10-16-6-5-15(25)11-29-16/h4-7,9,11-12,26H,3,8,10H2,1-2H3,(H2,27,31)(H2,28,32)/b22-21-,26-18?. The summed E-state index contributed by atoms with van der Waals surface area (Å²) < 4.78 is 5.50. The fourth-order valence-electron chi connectivity index (χ4n) is 3.48. The van der Waals surface area contributed by atoms with Gasteiger partial charge in [0.15, 0.2) is 5.58 Å². The van der Waals surface area contributed by atoms with Crippen molar-refractivity contribution in [3.05, 3.63) is 76.2 Å². The number of fused-ring (bicyclic) bond motifs is 1. The molecule has 0 unspecified atom stereocenters. The first kappa shape index (κ1) is 23.9. The van der Waals surface area contributed by atoms with E-state index in [0.717, 1.165) is 11.1 Å². The summed E-state index contributed by atoms with van der Waals surface area (Å²) >= 11 is 5.89. The van der Waals surface area contributed by atoms with E-state index >= 15 is 0 Å². The predicted octanol–water partition coefficient (Wildman–Crippen LogP) is 3.81. The van der Waals surface area contributed by atoms with Crippen LogP contribution < -0.4 is 11.5 Å². The Hall–Kier alpha value is -3.78. The van der Waals surface area contributed by atoms with Crippen LogP contribution in [0.5, 0.6) is 0 Å². The highest BCUT2D eigenvalue weighted by Crippen LogP contribution is 2.31. The predicted molar refractivity (Wildman–Crippen MR) is 128 cm³/mol. The second kappa shape index (κ2) is 9.79. The summed E-state index contributed by atoms with van der Waals surface area (Å²) in [5.41, 5.74) is 13.3. The average molecular weight is 466 g/mol. The highest BCUT2D eigenvalue weighted by Gasteiger charge is 2.25. The smallest absolute Gasteiger partial charge is 0.251 e. The fourth-order valence-corrected chi connectivity index (χ4v) is 3.59. The molecule has 0 aliphatic heterocycles. The summed E-state index contributed by atoms with van der Waals surface area (Å²) in [6, 6.07) is 8.61. The molecule has 0 atom stereocenters. The van der Waals surface area contributed by atoms with Crippen LogP contribution in [0.15, 0.2) is 58.8 Å². The molecule has 3 rings (SSSR count). The zero-order valence-corrected chi connectivity index (χ0v) is 19.1. The van der Waals surface area contributed by atoms with Crippen LogP contribution in [-0.2, 0) is 16.0 Å². The Balaban J connectivity index is 2.12. The van der Waals surface area contributed by atoms with Crippen molar-refractivity contribution in [3.63, 3.8) is 0 Å². The average Bonchev–Trinajstić information content (AvgIpc) is 3.14. The number of halogens is 1. The SMILES string of the molecule is C=C(C(N)=O)/C(=C(\C(=N)CC(C)C)C(N)=O)c1ccc2c(Cc3ccc(Cl)cn3)noc2c1. The maximum Gasteiger partial charge on any atom is 0.251 e. The molecule has 2 amide bonds. The Morgan fingerprint density at radius 3 is 2.48 bits per heavy atom. The summed E-state index contributed by atoms with van der Waals surface area (Å²) in [7, 11) is 0. The lowest BCUT2D eigenvalue weighted by molar-refractivity contribution is -0.114. The summed E-state index contributed by atoms with van der Waals surface area (Å²) in [6.07, 6.45) is 2.27. The number of pyridine rings is 1. The molecule has 2 heterocycles. The van der Waals surface area contributed by atoms with Crippen LogP contribution >= 0.6 is 11.6 Å². The van der Waals surface area contributed by atoms with E-state index in [4.69, 9.17) is 33.0 Å². The van der Waals surface area contributed by atoms with Crippen molar-refractivity contribution in [2.75, 3.05) is 0 Å².